The first kappa shape index (κ1) is 15.5. The van der Waals surface area contributed by atoms with E-state index in [9.17, 15) is 9.59 Å². The van der Waals surface area contributed by atoms with Crippen molar-refractivity contribution in [2.75, 3.05) is 0 Å². The number of carbonyl (C=O) groups is 2. The quantitative estimate of drug-likeness (QED) is 0.859. The molecule has 1 saturated carbocycles. The standard InChI is InChI=1S/C14H22N4O3/c1-8(2)18(9(3)4)11(19)7-17-13(10-5-6-10)12(14(20)21)15-16-17/h8-10H,5-7H2,1-4H3,(H,20,21). The van der Waals surface area contributed by atoms with Crippen molar-refractivity contribution in [1.82, 2.24) is 19.9 Å². The lowest BCUT2D eigenvalue weighted by atomic mass is 10.2. The predicted octanol–water partition coefficient (Wildman–Crippen LogP) is 1.50. The Morgan fingerprint density at radius 2 is 1.86 bits per heavy atom. The molecular weight excluding hydrogens is 272 g/mol. The molecule has 1 fully saturated rings. The second-order valence-corrected chi connectivity index (χ2v) is 6.05. The number of hydrogen-bond acceptors (Lipinski definition) is 4. The monoisotopic (exact) mass is 294 g/mol. The van der Waals surface area contributed by atoms with E-state index in [1.54, 1.807) is 4.90 Å². The van der Waals surface area contributed by atoms with Gasteiger partial charge in [0.15, 0.2) is 5.69 Å². The van der Waals surface area contributed by atoms with Crippen LogP contribution in [0.15, 0.2) is 0 Å². The molecule has 21 heavy (non-hydrogen) atoms. The maximum absolute atomic E-state index is 12.5. The van der Waals surface area contributed by atoms with Crippen LogP contribution in [0.25, 0.3) is 0 Å². The lowest BCUT2D eigenvalue weighted by Crippen LogP contribution is -2.44. The van der Waals surface area contributed by atoms with Gasteiger partial charge in [-0.2, -0.15) is 0 Å². The third-order valence-corrected chi connectivity index (χ3v) is 3.63. The molecule has 1 heterocycles. The summed E-state index contributed by atoms with van der Waals surface area (Å²) in [6.07, 6.45) is 1.86. The Labute approximate surface area is 123 Å². The van der Waals surface area contributed by atoms with Crippen LogP contribution in [-0.2, 0) is 11.3 Å². The number of carboxylic acid groups (broad SMARTS) is 1. The summed E-state index contributed by atoms with van der Waals surface area (Å²) in [4.78, 5) is 25.4. The summed E-state index contributed by atoms with van der Waals surface area (Å²) < 4.78 is 1.46. The van der Waals surface area contributed by atoms with Crippen LogP contribution in [0.4, 0.5) is 0 Å². The van der Waals surface area contributed by atoms with Gasteiger partial charge in [0, 0.05) is 18.0 Å². The van der Waals surface area contributed by atoms with E-state index < -0.39 is 5.97 Å². The van der Waals surface area contributed by atoms with Crippen molar-refractivity contribution in [1.29, 1.82) is 0 Å². The minimum atomic E-state index is -1.08. The number of rotatable bonds is 6. The first-order chi connectivity index (χ1) is 9.82. The van der Waals surface area contributed by atoms with Crippen molar-refractivity contribution in [2.45, 2.75) is 65.1 Å². The molecule has 0 spiro atoms. The highest BCUT2D eigenvalue weighted by Gasteiger charge is 2.34. The van der Waals surface area contributed by atoms with Crippen LogP contribution in [0.1, 0.15) is 62.6 Å². The Hall–Kier alpha value is -1.92. The number of carbonyl (C=O) groups excluding carboxylic acids is 1. The molecular formula is C14H22N4O3. The van der Waals surface area contributed by atoms with Crippen molar-refractivity contribution >= 4 is 11.9 Å². The number of nitrogens with zero attached hydrogens (tertiary/aromatic N) is 4. The third-order valence-electron chi connectivity index (χ3n) is 3.63. The fourth-order valence-corrected chi connectivity index (χ4v) is 2.73. The molecule has 1 N–H and O–H groups in total. The maximum atomic E-state index is 12.5. The van der Waals surface area contributed by atoms with E-state index >= 15 is 0 Å². The largest absolute Gasteiger partial charge is 0.476 e. The van der Waals surface area contributed by atoms with Gasteiger partial charge in [-0.3, -0.25) is 4.79 Å². The van der Waals surface area contributed by atoms with Crippen LogP contribution < -0.4 is 0 Å². The van der Waals surface area contributed by atoms with Gasteiger partial charge >= 0.3 is 5.97 Å². The number of carboxylic acids is 1. The van der Waals surface area contributed by atoms with Crippen LogP contribution in [-0.4, -0.2) is 49.0 Å². The zero-order valence-corrected chi connectivity index (χ0v) is 12.9. The first-order valence-corrected chi connectivity index (χ1v) is 7.30. The molecule has 1 aliphatic carbocycles. The summed E-state index contributed by atoms with van der Waals surface area (Å²) in [5, 5.41) is 16.8. The van der Waals surface area contributed by atoms with E-state index in [0.29, 0.717) is 5.69 Å². The molecule has 1 aromatic rings. The van der Waals surface area contributed by atoms with E-state index in [1.807, 2.05) is 27.7 Å². The number of hydrogen-bond donors (Lipinski definition) is 1. The lowest BCUT2D eigenvalue weighted by Gasteiger charge is -2.30. The Kier molecular flexibility index (Phi) is 4.29. The Balaban J connectivity index is 2.23. The Bertz CT molecular complexity index is 538. The van der Waals surface area contributed by atoms with E-state index in [0.717, 1.165) is 12.8 Å². The molecule has 7 nitrogen and oxygen atoms in total. The highest BCUT2D eigenvalue weighted by atomic mass is 16.4. The molecule has 2 rings (SSSR count). The van der Waals surface area contributed by atoms with Crippen LogP contribution in [0, 0.1) is 0 Å². The molecule has 0 unspecified atom stereocenters. The summed E-state index contributed by atoms with van der Waals surface area (Å²) in [6, 6.07) is 0.175. The number of aromatic nitrogens is 3. The Morgan fingerprint density at radius 3 is 2.29 bits per heavy atom. The molecule has 0 aromatic carbocycles. The topological polar surface area (TPSA) is 88.3 Å². The molecule has 7 heteroatoms. The smallest absolute Gasteiger partial charge is 0.358 e. The molecule has 0 saturated heterocycles. The van der Waals surface area contributed by atoms with E-state index in [4.69, 9.17) is 5.11 Å². The predicted molar refractivity (Wildman–Crippen MR) is 76.1 cm³/mol. The molecule has 0 bridgehead atoms. The normalized spacial score (nSPS) is 14.8. The van der Waals surface area contributed by atoms with Gasteiger partial charge in [-0.25, -0.2) is 9.48 Å². The summed E-state index contributed by atoms with van der Waals surface area (Å²) in [5.74, 6) is -0.977. The van der Waals surface area contributed by atoms with Gasteiger partial charge in [-0.05, 0) is 40.5 Å². The van der Waals surface area contributed by atoms with Gasteiger partial charge in [0.1, 0.15) is 6.54 Å². The second-order valence-electron chi connectivity index (χ2n) is 6.05. The molecule has 0 radical (unpaired) electrons. The average molecular weight is 294 g/mol. The van der Waals surface area contributed by atoms with E-state index in [2.05, 4.69) is 10.3 Å². The minimum Gasteiger partial charge on any atom is -0.476 e. The van der Waals surface area contributed by atoms with Gasteiger partial charge in [0.2, 0.25) is 5.91 Å². The van der Waals surface area contributed by atoms with Gasteiger partial charge in [0.25, 0.3) is 0 Å². The highest BCUT2D eigenvalue weighted by molar-refractivity contribution is 5.87. The fraction of sp³-hybridized carbons (Fsp3) is 0.714. The zero-order chi connectivity index (χ0) is 15.7. The van der Waals surface area contributed by atoms with Gasteiger partial charge in [0.05, 0.1) is 5.69 Å². The summed E-state index contributed by atoms with van der Waals surface area (Å²) in [5.41, 5.74) is 0.564. The molecule has 0 aliphatic heterocycles. The second kappa shape index (κ2) is 5.83. The van der Waals surface area contributed by atoms with Crippen molar-refractivity contribution < 1.29 is 14.7 Å². The maximum Gasteiger partial charge on any atom is 0.358 e. The van der Waals surface area contributed by atoms with Gasteiger partial charge in [-0.1, -0.05) is 5.21 Å². The fourth-order valence-electron chi connectivity index (χ4n) is 2.73. The van der Waals surface area contributed by atoms with Crippen molar-refractivity contribution in [3.05, 3.63) is 11.4 Å². The van der Waals surface area contributed by atoms with Crippen LogP contribution in [0.2, 0.25) is 0 Å². The number of aromatic carboxylic acids is 1. The molecule has 1 amide bonds. The van der Waals surface area contributed by atoms with Crippen LogP contribution in [0.5, 0.6) is 0 Å². The highest BCUT2D eigenvalue weighted by Crippen LogP contribution is 2.41. The summed E-state index contributed by atoms with van der Waals surface area (Å²) in [7, 11) is 0. The zero-order valence-electron chi connectivity index (χ0n) is 12.9. The minimum absolute atomic E-state index is 0.0223. The summed E-state index contributed by atoms with van der Waals surface area (Å²) in [6.45, 7) is 7.89. The number of amides is 1. The van der Waals surface area contributed by atoms with Crippen molar-refractivity contribution in [2.24, 2.45) is 0 Å². The molecule has 0 atom stereocenters. The lowest BCUT2D eigenvalue weighted by molar-refractivity contribution is -0.135. The van der Waals surface area contributed by atoms with Gasteiger partial charge in [-0.15, -0.1) is 5.10 Å². The van der Waals surface area contributed by atoms with Gasteiger partial charge < -0.3 is 10.0 Å². The summed E-state index contributed by atoms with van der Waals surface area (Å²) >= 11 is 0. The molecule has 1 aliphatic rings. The first-order valence-electron chi connectivity index (χ1n) is 7.30. The SMILES string of the molecule is CC(C)N(C(=O)Cn1nnc(C(=O)O)c1C1CC1)C(C)C. The third kappa shape index (κ3) is 3.22. The average Bonchev–Trinajstić information content (AvgIpc) is 3.09. The van der Waals surface area contributed by atoms with Crippen LogP contribution >= 0.6 is 0 Å². The van der Waals surface area contributed by atoms with E-state index in [1.165, 1.54) is 4.68 Å². The van der Waals surface area contributed by atoms with Crippen molar-refractivity contribution in [3.63, 3.8) is 0 Å². The Morgan fingerprint density at radius 1 is 1.29 bits per heavy atom. The molecule has 116 valence electrons. The van der Waals surface area contributed by atoms with Crippen LogP contribution in [0.3, 0.4) is 0 Å². The van der Waals surface area contributed by atoms with E-state index in [-0.39, 0.29) is 36.1 Å². The molecule has 1 aromatic heterocycles. The van der Waals surface area contributed by atoms with Crippen molar-refractivity contribution in [3.8, 4) is 0 Å².